The highest BCUT2D eigenvalue weighted by Crippen LogP contribution is 2.36. The summed E-state index contributed by atoms with van der Waals surface area (Å²) in [5.74, 6) is 2.32. The summed E-state index contributed by atoms with van der Waals surface area (Å²) in [6.07, 6.45) is 8.63. The summed E-state index contributed by atoms with van der Waals surface area (Å²) < 4.78 is 2.29. The Morgan fingerprint density at radius 3 is 3.00 bits per heavy atom. The third-order valence-corrected chi connectivity index (χ3v) is 5.75. The molecule has 1 unspecified atom stereocenters. The summed E-state index contributed by atoms with van der Waals surface area (Å²) >= 11 is 0. The van der Waals surface area contributed by atoms with Gasteiger partial charge in [-0.1, -0.05) is 0 Å². The van der Waals surface area contributed by atoms with Gasteiger partial charge in [-0.05, 0) is 25.7 Å². The van der Waals surface area contributed by atoms with E-state index in [0.717, 1.165) is 57.1 Å². The maximum Gasteiger partial charge on any atom is 0.220 e. The number of guanidine groups is 1. The Balaban J connectivity index is 0.00000196. The van der Waals surface area contributed by atoms with E-state index in [1.165, 1.54) is 18.7 Å². The number of likely N-dealkylation sites (tertiary alicyclic amines) is 1. The van der Waals surface area contributed by atoms with E-state index >= 15 is 0 Å². The molecule has 4 heterocycles. The molecule has 1 amide bonds. The molecule has 8 heteroatoms. The lowest BCUT2D eigenvalue weighted by Crippen LogP contribution is -2.51. The van der Waals surface area contributed by atoms with Gasteiger partial charge in [0.1, 0.15) is 5.82 Å². The Labute approximate surface area is 172 Å². The standard InChI is InChI=1S/C18H28N6O.HI/c1-19-17(20-10-14-11-23-7-3-2-5-15(23)22-14)24-8-4-6-18(13-24)9-16(25)21-12-18;/h11H,2-10,12-13H2,1H3,(H,19,20)(H,21,25);1H. The topological polar surface area (TPSA) is 74.6 Å². The van der Waals surface area contributed by atoms with Crippen LogP contribution in [-0.4, -0.2) is 53.0 Å². The molecule has 0 radical (unpaired) electrons. The number of hydrogen-bond donors (Lipinski definition) is 2. The van der Waals surface area contributed by atoms with E-state index in [4.69, 9.17) is 4.98 Å². The SMILES string of the molecule is CN=C(NCc1cn2c(n1)CCCC2)N1CCCC2(CNC(=O)C2)C1.I. The second-order valence-electron chi connectivity index (χ2n) is 7.68. The van der Waals surface area contributed by atoms with Crippen molar-refractivity contribution in [2.75, 3.05) is 26.7 Å². The van der Waals surface area contributed by atoms with Gasteiger partial charge >= 0.3 is 0 Å². The fourth-order valence-electron chi connectivity index (χ4n) is 4.49. The Bertz CT molecular complexity index is 664. The minimum atomic E-state index is 0. The molecule has 2 N–H and O–H groups in total. The largest absolute Gasteiger partial charge is 0.355 e. The van der Waals surface area contributed by atoms with Gasteiger partial charge < -0.3 is 20.1 Å². The fraction of sp³-hybridized carbons (Fsp3) is 0.722. The highest BCUT2D eigenvalue weighted by molar-refractivity contribution is 14.0. The van der Waals surface area contributed by atoms with Crippen LogP contribution in [0.5, 0.6) is 0 Å². The number of carbonyl (C=O) groups is 1. The summed E-state index contributed by atoms with van der Waals surface area (Å²) in [5.41, 5.74) is 1.17. The lowest BCUT2D eigenvalue weighted by Gasteiger charge is -2.40. The number of halogens is 1. The van der Waals surface area contributed by atoms with Crippen molar-refractivity contribution in [2.24, 2.45) is 10.4 Å². The first-order valence-electron chi connectivity index (χ1n) is 9.45. The zero-order valence-corrected chi connectivity index (χ0v) is 17.8. The molecule has 4 rings (SSSR count). The van der Waals surface area contributed by atoms with Crippen LogP contribution in [0.1, 0.15) is 43.6 Å². The Morgan fingerprint density at radius 1 is 1.38 bits per heavy atom. The molecule has 0 saturated carbocycles. The second-order valence-corrected chi connectivity index (χ2v) is 7.68. The van der Waals surface area contributed by atoms with Gasteiger partial charge in [0.05, 0.1) is 12.2 Å². The van der Waals surface area contributed by atoms with E-state index < -0.39 is 0 Å². The molecule has 0 bridgehead atoms. The van der Waals surface area contributed by atoms with Crippen LogP contribution >= 0.6 is 24.0 Å². The molecule has 0 aliphatic carbocycles. The molecule has 2 fully saturated rings. The zero-order valence-electron chi connectivity index (χ0n) is 15.5. The van der Waals surface area contributed by atoms with Crippen LogP contribution in [0.15, 0.2) is 11.2 Å². The molecule has 0 aromatic carbocycles. The van der Waals surface area contributed by atoms with Crippen molar-refractivity contribution in [3.05, 3.63) is 17.7 Å². The number of rotatable bonds is 2. The van der Waals surface area contributed by atoms with Crippen LogP contribution < -0.4 is 10.6 Å². The van der Waals surface area contributed by atoms with Crippen molar-refractivity contribution in [1.82, 2.24) is 25.1 Å². The highest BCUT2D eigenvalue weighted by Gasteiger charge is 2.42. The van der Waals surface area contributed by atoms with E-state index in [9.17, 15) is 4.79 Å². The molecule has 1 aromatic rings. The van der Waals surface area contributed by atoms with Crippen LogP contribution in [0.3, 0.4) is 0 Å². The molecule has 7 nitrogen and oxygen atoms in total. The summed E-state index contributed by atoms with van der Waals surface area (Å²) in [6, 6.07) is 0. The Morgan fingerprint density at radius 2 is 2.27 bits per heavy atom. The second kappa shape index (κ2) is 8.14. The molecule has 1 spiro atoms. The van der Waals surface area contributed by atoms with Crippen molar-refractivity contribution in [3.8, 4) is 0 Å². The summed E-state index contributed by atoms with van der Waals surface area (Å²) in [7, 11) is 1.83. The number of carbonyl (C=O) groups excluding carboxylic acids is 1. The molecule has 3 aliphatic rings. The van der Waals surface area contributed by atoms with Gasteiger partial charge in [-0.3, -0.25) is 9.79 Å². The molecule has 1 aromatic heterocycles. The van der Waals surface area contributed by atoms with Gasteiger partial charge in [0.2, 0.25) is 5.91 Å². The molecular weight excluding hydrogens is 443 g/mol. The molecular formula is C18H29IN6O. The number of aryl methyl sites for hydroxylation is 2. The lowest BCUT2D eigenvalue weighted by molar-refractivity contribution is -0.119. The van der Waals surface area contributed by atoms with E-state index in [0.29, 0.717) is 13.0 Å². The number of aromatic nitrogens is 2. The molecule has 2 saturated heterocycles. The molecule has 1 atom stereocenters. The van der Waals surface area contributed by atoms with Gasteiger partial charge in [0.25, 0.3) is 0 Å². The summed E-state index contributed by atoms with van der Waals surface area (Å²) in [6.45, 7) is 4.48. The molecule has 26 heavy (non-hydrogen) atoms. The molecule has 3 aliphatic heterocycles. The highest BCUT2D eigenvalue weighted by atomic mass is 127. The third kappa shape index (κ3) is 3.99. The first-order chi connectivity index (χ1) is 12.2. The number of aliphatic imine (C=N–C) groups is 1. The number of amides is 1. The number of nitrogens with zero attached hydrogens (tertiary/aromatic N) is 4. The zero-order chi connectivity index (χ0) is 17.3. The summed E-state index contributed by atoms with van der Waals surface area (Å²) in [4.78, 5) is 23.2. The van der Waals surface area contributed by atoms with E-state index in [-0.39, 0.29) is 35.3 Å². The normalized spacial score (nSPS) is 25.7. The van der Waals surface area contributed by atoms with E-state index in [1.54, 1.807) is 0 Å². The number of imidazole rings is 1. The van der Waals surface area contributed by atoms with Crippen LogP contribution in [0.4, 0.5) is 0 Å². The third-order valence-electron chi connectivity index (χ3n) is 5.75. The predicted molar refractivity (Wildman–Crippen MR) is 112 cm³/mol. The lowest BCUT2D eigenvalue weighted by atomic mass is 9.79. The van der Waals surface area contributed by atoms with Crippen molar-refractivity contribution >= 4 is 35.8 Å². The number of hydrogen-bond acceptors (Lipinski definition) is 3. The number of nitrogens with one attached hydrogen (secondary N) is 2. The summed E-state index contributed by atoms with van der Waals surface area (Å²) in [5, 5.41) is 6.48. The average Bonchev–Trinajstić information content (AvgIpc) is 3.19. The quantitative estimate of drug-likeness (QED) is 0.389. The van der Waals surface area contributed by atoms with Crippen molar-refractivity contribution in [3.63, 3.8) is 0 Å². The van der Waals surface area contributed by atoms with Crippen LogP contribution in [0, 0.1) is 5.41 Å². The first-order valence-corrected chi connectivity index (χ1v) is 9.45. The Hall–Kier alpha value is -1.32. The van der Waals surface area contributed by atoms with Crippen LogP contribution in [0.2, 0.25) is 0 Å². The number of fused-ring (bicyclic) bond motifs is 1. The van der Waals surface area contributed by atoms with Crippen molar-refractivity contribution in [1.29, 1.82) is 0 Å². The van der Waals surface area contributed by atoms with Crippen molar-refractivity contribution < 1.29 is 4.79 Å². The van der Waals surface area contributed by atoms with Crippen LogP contribution in [0.25, 0.3) is 0 Å². The van der Waals surface area contributed by atoms with Crippen molar-refractivity contribution in [2.45, 2.75) is 51.6 Å². The van der Waals surface area contributed by atoms with Gasteiger partial charge in [0.15, 0.2) is 5.96 Å². The maximum absolute atomic E-state index is 11.7. The predicted octanol–water partition coefficient (Wildman–Crippen LogP) is 1.51. The average molecular weight is 472 g/mol. The monoisotopic (exact) mass is 472 g/mol. The number of piperidine rings is 1. The van der Waals surface area contributed by atoms with Gasteiger partial charge in [-0.2, -0.15) is 0 Å². The fourth-order valence-corrected chi connectivity index (χ4v) is 4.49. The Kier molecular flexibility index (Phi) is 6.09. The molecule has 144 valence electrons. The van der Waals surface area contributed by atoms with E-state index in [2.05, 4.69) is 31.3 Å². The minimum absolute atomic E-state index is 0. The van der Waals surface area contributed by atoms with Gasteiger partial charge in [0, 0.05) is 57.7 Å². The smallest absolute Gasteiger partial charge is 0.220 e. The minimum Gasteiger partial charge on any atom is -0.355 e. The van der Waals surface area contributed by atoms with Gasteiger partial charge in [-0.25, -0.2) is 4.98 Å². The van der Waals surface area contributed by atoms with Crippen LogP contribution in [-0.2, 0) is 24.3 Å². The van der Waals surface area contributed by atoms with E-state index in [1.807, 2.05) is 7.05 Å². The maximum atomic E-state index is 11.7. The van der Waals surface area contributed by atoms with Gasteiger partial charge in [-0.15, -0.1) is 24.0 Å². The first kappa shape index (κ1) is 19.4.